The van der Waals surface area contributed by atoms with Gasteiger partial charge in [0.1, 0.15) is 0 Å². The number of unbranched alkanes of at least 4 members (excludes halogenated alkanes) is 9. The second-order valence-electron chi connectivity index (χ2n) is 4.59. The summed E-state index contributed by atoms with van der Waals surface area (Å²) in [6, 6.07) is 0. The van der Waals surface area contributed by atoms with Crippen LogP contribution < -0.4 is 0 Å². The van der Waals surface area contributed by atoms with Gasteiger partial charge in [-0.2, -0.15) is 0 Å². The number of nitrogens with zero attached hydrogens (tertiary/aromatic N) is 2. The zero-order valence-corrected chi connectivity index (χ0v) is 11.9. The van der Waals surface area contributed by atoms with Crippen molar-refractivity contribution in [1.29, 1.82) is 0 Å². The Morgan fingerprint density at radius 3 is 1.79 bits per heavy atom. The fraction of sp³-hybridized carbons (Fsp3) is 0.733. The van der Waals surface area contributed by atoms with Crippen molar-refractivity contribution in [3.05, 3.63) is 11.9 Å². The highest BCUT2D eigenvalue weighted by Crippen LogP contribution is 2.11. The number of rotatable bonds is 12. The number of aliphatic imine (C=N–C) groups is 2. The van der Waals surface area contributed by atoms with Crippen LogP contribution >= 0.6 is 0 Å². The summed E-state index contributed by atoms with van der Waals surface area (Å²) in [5, 5.41) is 0. The summed E-state index contributed by atoms with van der Waals surface area (Å²) in [7, 11) is 0. The van der Waals surface area contributed by atoms with Crippen LogP contribution in [0.3, 0.4) is 0 Å². The highest BCUT2D eigenvalue weighted by molar-refractivity contribution is 5.41. The predicted molar refractivity (Wildman–Crippen MR) is 76.2 cm³/mol. The van der Waals surface area contributed by atoms with Crippen molar-refractivity contribution < 1.29 is 9.59 Å². The van der Waals surface area contributed by atoms with Gasteiger partial charge in [-0.15, -0.1) is 9.98 Å². The molecule has 0 radical (unpaired) electrons. The quantitative estimate of drug-likeness (QED) is 0.297. The molecule has 4 nitrogen and oxygen atoms in total. The Kier molecular flexibility index (Phi) is 13.4. The topological polar surface area (TPSA) is 58.9 Å². The van der Waals surface area contributed by atoms with Crippen LogP contribution in [0.4, 0.5) is 0 Å². The summed E-state index contributed by atoms with van der Waals surface area (Å²) in [6.07, 6.45) is 16.6. The molecule has 106 valence electrons. The molecule has 0 rings (SSSR count). The summed E-state index contributed by atoms with van der Waals surface area (Å²) in [4.78, 5) is 26.7. The number of carbonyl (C=O) groups excluding carboxylic acids is 2. The third-order valence-electron chi connectivity index (χ3n) is 2.95. The molecule has 0 aromatic rings. The fourth-order valence-electron chi connectivity index (χ4n) is 1.90. The van der Waals surface area contributed by atoms with Crippen LogP contribution in [0.15, 0.2) is 21.9 Å². The van der Waals surface area contributed by atoms with Crippen LogP contribution in [0.25, 0.3) is 0 Å². The molecule has 0 atom stereocenters. The van der Waals surface area contributed by atoms with Gasteiger partial charge in [0, 0.05) is 0 Å². The first kappa shape index (κ1) is 17.5. The van der Waals surface area contributed by atoms with Crippen LogP contribution in [-0.4, -0.2) is 12.2 Å². The summed E-state index contributed by atoms with van der Waals surface area (Å²) in [5.41, 5.74) is 0. The van der Waals surface area contributed by atoms with Gasteiger partial charge in [-0.05, 0) is 18.9 Å². The Morgan fingerprint density at radius 1 is 0.842 bits per heavy atom. The second kappa shape index (κ2) is 14.6. The lowest BCUT2D eigenvalue weighted by molar-refractivity contribution is 0.562. The van der Waals surface area contributed by atoms with E-state index >= 15 is 0 Å². The number of isocyanates is 2. The molecule has 0 aromatic heterocycles. The highest BCUT2D eigenvalue weighted by atomic mass is 16.1. The minimum Gasteiger partial charge on any atom is -0.211 e. The van der Waals surface area contributed by atoms with E-state index < -0.39 is 0 Å². The van der Waals surface area contributed by atoms with E-state index in [2.05, 4.69) is 16.9 Å². The maximum atomic E-state index is 10.0. The van der Waals surface area contributed by atoms with Crippen molar-refractivity contribution in [2.75, 3.05) is 0 Å². The first-order valence-corrected chi connectivity index (χ1v) is 7.21. The van der Waals surface area contributed by atoms with Crippen LogP contribution in [0.2, 0.25) is 0 Å². The molecule has 0 N–H and O–H groups in total. The van der Waals surface area contributed by atoms with Gasteiger partial charge in [0.15, 0.2) is 5.82 Å². The van der Waals surface area contributed by atoms with Crippen molar-refractivity contribution in [3.8, 4) is 0 Å². The third-order valence-corrected chi connectivity index (χ3v) is 2.95. The number of allylic oxidation sites excluding steroid dienone is 1. The van der Waals surface area contributed by atoms with Crippen LogP contribution in [0.1, 0.15) is 71.1 Å². The predicted octanol–water partition coefficient (Wildman–Crippen LogP) is 4.42. The molecule has 19 heavy (non-hydrogen) atoms. The molecule has 0 saturated heterocycles. The summed E-state index contributed by atoms with van der Waals surface area (Å²) in [6.45, 7) is 2.23. The summed E-state index contributed by atoms with van der Waals surface area (Å²) in [5.74, 6) is 0.115. The first-order chi connectivity index (χ1) is 9.35. The molecule has 0 bridgehead atoms. The molecule has 0 spiro atoms. The van der Waals surface area contributed by atoms with Crippen molar-refractivity contribution in [1.82, 2.24) is 0 Å². The van der Waals surface area contributed by atoms with E-state index in [0.717, 1.165) is 19.3 Å². The Balaban J connectivity index is 3.50. The molecule has 0 aromatic carbocycles. The van der Waals surface area contributed by atoms with Gasteiger partial charge in [0.2, 0.25) is 12.2 Å². The smallest absolute Gasteiger partial charge is 0.211 e. The lowest BCUT2D eigenvalue weighted by Gasteiger charge is -2.00. The first-order valence-electron chi connectivity index (χ1n) is 7.21. The largest absolute Gasteiger partial charge is 0.242 e. The SMILES string of the molecule is CCCCCCCCCCCC=C(N=C=O)N=C=O. The molecule has 0 saturated carbocycles. The zero-order valence-electron chi connectivity index (χ0n) is 11.9. The van der Waals surface area contributed by atoms with Gasteiger partial charge >= 0.3 is 0 Å². The van der Waals surface area contributed by atoms with Crippen LogP contribution in [0, 0.1) is 0 Å². The minimum atomic E-state index is 0.115. The van der Waals surface area contributed by atoms with Gasteiger partial charge in [0.25, 0.3) is 0 Å². The molecular formula is C15H24N2O2. The van der Waals surface area contributed by atoms with E-state index in [4.69, 9.17) is 0 Å². The summed E-state index contributed by atoms with van der Waals surface area (Å²) < 4.78 is 0. The van der Waals surface area contributed by atoms with E-state index in [0.29, 0.717) is 0 Å². The maximum Gasteiger partial charge on any atom is 0.242 e. The maximum absolute atomic E-state index is 10.0. The molecule has 0 amide bonds. The second-order valence-corrected chi connectivity index (χ2v) is 4.59. The van der Waals surface area contributed by atoms with E-state index in [1.165, 1.54) is 57.1 Å². The Bertz CT molecular complexity index is 318. The standard InChI is InChI=1S/C15H24N2O2/c1-2-3-4-5-6-7-8-9-10-11-12-15(16-13-18)17-14-19/h12H,2-11H2,1H3. The van der Waals surface area contributed by atoms with Crippen molar-refractivity contribution in [2.24, 2.45) is 9.98 Å². The van der Waals surface area contributed by atoms with Gasteiger partial charge in [0.05, 0.1) is 0 Å². The van der Waals surface area contributed by atoms with Crippen LogP contribution in [-0.2, 0) is 9.59 Å². The lowest BCUT2D eigenvalue weighted by atomic mass is 10.1. The normalized spacial score (nSPS) is 9.32. The van der Waals surface area contributed by atoms with E-state index in [9.17, 15) is 9.59 Å². The lowest BCUT2D eigenvalue weighted by Crippen LogP contribution is -1.81. The number of hydrogen-bond acceptors (Lipinski definition) is 4. The van der Waals surface area contributed by atoms with Gasteiger partial charge in [-0.1, -0.05) is 58.3 Å². The van der Waals surface area contributed by atoms with E-state index in [1.54, 1.807) is 6.08 Å². The molecule has 0 unspecified atom stereocenters. The van der Waals surface area contributed by atoms with E-state index in [1.807, 2.05) is 0 Å². The Labute approximate surface area is 115 Å². The molecule has 0 aliphatic rings. The highest BCUT2D eigenvalue weighted by Gasteiger charge is 1.93. The third kappa shape index (κ3) is 12.7. The van der Waals surface area contributed by atoms with Crippen molar-refractivity contribution in [2.45, 2.75) is 71.1 Å². The summed E-state index contributed by atoms with van der Waals surface area (Å²) >= 11 is 0. The van der Waals surface area contributed by atoms with E-state index in [-0.39, 0.29) is 5.82 Å². The molecule has 4 heteroatoms. The van der Waals surface area contributed by atoms with Crippen molar-refractivity contribution in [3.63, 3.8) is 0 Å². The fourth-order valence-corrected chi connectivity index (χ4v) is 1.90. The average Bonchev–Trinajstić information content (AvgIpc) is 2.41. The molecule has 0 heterocycles. The van der Waals surface area contributed by atoms with Crippen LogP contribution in [0.5, 0.6) is 0 Å². The molecular weight excluding hydrogens is 240 g/mol. The van der Waals surface area contributed by atoms with Crippen molar-refractivity contribution >= 4 is 12.2 Å². The molecule has 0 fully saturated rings. The van der Waals surface area contributed by atoms with Gasteiger partial charge in [-0.3, -0.25) is 0 Å². The average molecular weight is 264 g/mol. The Hall–Kier alpha value is -1.50. The van der Waals surface area contributed by atoms with Gasteiger partial charge < -0.3 is 0 Å². The number of hydrogen-bond donors (Lipinski definition) is 0. The van der Waals surface area contributed by atoms with Gasteiger partial charge in [-0.25, -0.2) is 9.59 Å². The Morgan fingerprint density at radius 2 is 1.32 bits per heavy atom. The zero-order chi connectivity index (χ0) is 14.2. The molecule has 0 aliphatic heterocycles. The monoisotopic (exact) mass is 264 g/mol. The molecule has 0 aliphatic carbocycles. The minimum absolute atomic E-state index is 0.115.